The minimum Gasteiger partial charge on any atom is -0.382 e. The fraction of sp³-hybridized carbons (Fsp3) is 0.400. The van der Waals surface area contributed by atoms with Crippen LogP contribution in [0.4, 0.5) is 5.82 Å². The fourth-order valence-electron chi connectivity index (χ4n) is 3.04. The lowest BCUT2D eigenvalue weighted by Gasteiger charge is -2.14. The molecule has 0 aliphatic carbocycles. The van der Waals surface area contributed by atoms with E-state index in [0.29, 0.717) is 59.0 Å². The predicted octanol–water partition coefficient (Wildman–Crippen LogP) is 3.06. The van der Waals surface area contributed by atoms with Crippen molar-refractivity contribution < 1.29 is 9.53 Å². The van der Waals surface area contributed by atoms with Crippen molar-refractivity contribution in [1.29, 1.82) is 0 Å². The molecule has 0 radical (unpaired) electrons. The molecule has 9 heteroatoms. The van der Waals surface area contributed by atoms with E-state index in [1.807, 2.05) is 26.8 Å². The van der Waals surface area contributed by atoms with Gasteiger partial charge in [0.25, 0.3) is 11.5 Å². The molecule has 3 heterocycles. The van der Waals surface area contributed by atoms with Gasteiger partial charge in [-0.1, -0.05) is 30.0 Å². The summed E-state index contributed by atoms with van der Waals surface area (Å²) in [5, 5.41) is 3.14. The number of pyridine rings is 1. The third-order valence-electron chi connectivity index (χ3n) is 4.45. The molecule has 0 aromatic carbocycles. The molecule has 2 aromatic rings. The van der Waals surface area contributed by atoms with Gasteiger partial charge in [0, 0.05) is 32.5 Å². The van der Waals surface area contributed by atoms with Crippen LogP contribution in [0.25, 0.3) is 11.7 Å². The van der Waals surface area contributed by atoms with E-state index in [9.17, 15) is 9.59 Å². The highest BCUT2D eigenvalue weighted by Gasteiger charge is 2.32. The number of rotatable bonds is 8. The third kappa shape index (κ3) is 4.52. The Morgan fingerprint density at radius 3 is 2.86 bits per heavy atom. The first-order valence-electron chi connectivity index (χ1n) is 9.56. The monoisotopic (exact) mass is 432 g/mol. The molecule has 1 aliphatic rings. The van der Waals surface area contributed by atoms with Gasteiger partial charge in [-0.15, -0.1) is 0 Å². The van der Waals surface area contributed by atoms with E-state index in [2.05, 4.69) is 10.3 Å². The van der Waals surface area contributed by atoms with Crippen molar-refractivity contribution in [3.05, 3.63) is 44.7 Å². The summed E-state index contributed by atoms with van der Waals surface area (Å²) in [5.41, 5.74) is 1.62. The van der Waals surface area contributed by atoms with Gasteiger partial charge in [-0.2, -0.15) is 0 Å². The molecule has 154 valence electrons. The number of thioether (sulfide) groups is 1. The molecule has 0 spiro atoms. The molecule has 0 saturated carbocycles. The maximum absolute atomic E-state index is 13.1. The number of anilines is 1. The molecule has 2 aromatic heterocycles. The van der Waals surface area contributed by atoms with E-state index < -0.39 is 0 Å². The van der Waals surface area contributed by atoms with Gasteiger partial charge in [0.2, 0.25) is 0 Å². The molecule has 1 N–H and O–H groups in total. The molecule has 3 rings (SSSR count). The second kappa shape index (κ2) is 9.51. The molecule has 1 amide bonds. The van der Waals surface area contributed by atoms with Gasteiger partial charge in [-0.25, -0.2) is 4.98 Å². The number of thiocarbonyl (C=S) groups is 1. The second-order valence-corrected chi connectivity index (χ2v) is 8.15. The van der Waals surface area contributed by atoms with E-state index in [0.717, 1.165) is 5.56 Å². The summed E-state index contributed by atoms with van der Waals surface area (Å²) in [6.07, 6.45) is 3.99. The Hall–Kier alpha value is -2.23. The first kappa shape index (κ1) is 21.5. The maximum atomic E-state index is 13.1. The molecule has 29 heavy (non-hydrogen) atoms. The van der Waals surface area contributed by atoms with Crippen molar-refractivity contribution in [2.24, 2.45) is 0 Å². The first-order valence-corrected chi connectivity index (χ1v) is 10.8. The van der Waals surface area contributed by atoms with E-state index in [1.54, 1.807) is 23.2 Å². The number of hydrogen-bond acceptors (Lipinski definition) is 7. The normalized spacial score (nSPS) is 15.7. The van der Waals surface area contributed by atoms with Crippen LogP contribution in [-0.4, -0.2) is 50.8 Å². The van der Waals surface area contributed by atoms with Gasteiger partial charge < -0.3 is 10.1 Å². The van der Waals surface area contributed by atoms with Crippen LogP contribution in [0, 0.1) is 6.92 Å². The van der Waals surface area contributed by atoms with Gasteiger partial charge >= 0.3 is 0 Å². The number of amides is 1. The highest BCUT2D eigenvalue weighted by molar-refractivity contribution is 8.26. The lowest BCUT2D eigenvalue weighted by atomic mass is 10.2. The van der Waals surface area contributed by atoms with Crippen molar-refractivity contribution in [2.45, 2.75) is 27.2 Å². The van der Waals surface area contributed by atoms with Gasteiger partial charge in [0.1, 0.15) is 15.8 Å². The maximum Gasteiger partial charge on any atom is 0.267 e. The summed E-state index contributed by atoms with van der Waals surface area (Å²) in [5.74, 6) is 0.279. The number of fused-ring (bicyclic) bond motifs is 1. The van der Waals surface area contributed by atoms with Crippen LogP contribution in [0.3, 0.4) is 0 Å². The molecule has 1 fully saturated rings. The SMILES string of the molecule is CCNc1nc2c(C)cccn2c(=O)c1C=C1SC(=S)N(CCCOCC)C1=O. The predicted molar refractivity (Wildman–Crippen MR) is 121 cm³/mol. The zero-order valence-electron chi connectivity index (χ0n) is 16.7. The summed E-state index contributed by atoms with van der Waals surface area (Å²) < 4.78 is 7.33. The summed E-state index contributed by atoms with van der Waals surface area (Å²) in [6, 6.07) is 3.71. The number of carbonyl (C=O) groups excluding carboxylic acids is 1. The Morgan fingerprint density at radius 1 is 1.34 bits per heavy atom. The minimum atomic E-state index is -0.226. The molecule has 1 aliphatic heterocycles. The summed E-state index contributed by atoms with van der Waals surface area (Å²) >= 11 is 6.58. The molecule has 0 unspecified atom stereocenters. The van der Waals surface area contributed by atoms with E-state index in [4.69, 9.17) is 17.0 Å². The Bertz CT molecular complexity index is 1030. The summed E-state index contributed by atoms with van der Waals surface area (Å²) in [7, 11) is 0. The van der Waals surface area contributed by atoms with E-state index in [-0.39, 0.29) is 11.5 Å². The van der Waals surface area contributed by atoms with Crippen molar-refractivity contribution in [2.75, 3.05) is 31.6 Å². The van der Waals surface area contributed by atoms with E-state index in [1.165, 1.54) is 16.2 Å². The van der Waals surface area contributed by atoms with Crippen LogP contribution in [0.1, 0.15) is 31.4 Å². The standard InChI is InChI=1S/C20H24N4O3S2/c1-4-21-16-14(18(25)23-9-6-8-13(3)17(23)22-16)12-15-19(26)24(20(28)29-15)10-7-11-27-5-2/h6,8-9,12,21H,4-5,7,10-11H2,1-3H3. The molecule has 0 bridgehead atoms. The van der Waals surface area contributed by atoms with Crippen molar-refractivity contribution >= 4 is 51.7 Å². The van der Waals surface area contributed by atoms with Gasteiger partial charge in [-0.05, 0) is 44.9 Å². The van der Waals surface area contributed by atoms with E-state index >= 15 is 0 Å². The smallest absolute Gasteiger partial charge is 0.267 e. The van der Waals surface area contributed by atoms with Crippen LogP contribution < -0.4 is 10.9 Å². The number of hydrogen-bond donors (Lipinski definition) is 1. The number of aromatic nitrogens is 2. The average Bonchev–Trinajstić information content (AvgIpc) is 2.96. The fourth-order valence-corrected chi connectivity index (χ4v) is 4.33. The number of ether oxygens (including phenoxy) is 1. The summed E-state index contributed by atoms with van der Waals surface area (Å²) in [6.45, 7) is 8.09. The van der Waals surface area contributed by atoms with Crippen LogP contribution in [0.5, 0.6) is 0 Å². The van der Waals surface area contributed by atoms with Crippen molar-refractivity contribution in [3.8, 4) is 0 Å². The van der Waals surface area contributed by atoms with Gasteiger partial charge in [-0.3, -0.25) is 18.9 Å². The molecular weight excluding hydrogens is 408 g/mol. The van der Waals surface area contributed by atoms with Crippen LogP contribution >= 0.6 is 24.0 Å². The van der Waals surface area contributed by atoms with Gasteiger partial charge in [0.15, 0.2) is 0 Å². The lowest BCUT2D eigenvalue weighted by molar-refractivity contribution is -0.122. The quantitative estimate of drug-likeness (QED) is 0.390. The van der Waals surface area contributed by atoms with Crippen molar-refractivity contribution in [1.82, 2.24) is 14.3 Å². The zero-order chi connectivity index (χ0) is 21.0. The molecule has 0 atom stereocenters. The molecule has 1 saturated heterocycles. The number of nitrogens with one attached hydrogen (secondary N) is 1. The third-order valence-corrected chi connectivity index (χ3v) is 5.83. The molecular formula is C20H24N4O3S2. The Kier molecular flexibility index (Phi) is 7.05. The zero-order valence-corrected chi connectivity index (χ0v) is 18.4. The largest absolute Gasteiger partial charge is 0.382 e. The highest BCUT2D eigenvalue weighted by Crippen LogP contribution is 2.33. The number of aryl methyl sites for hydroxylation is 1. The van der Waals surface area contributed by atoms with Crippen LogP contribution in [-0.2, 0) is 9.53 Å². The lowest BCUT2D eigenvalue weighted by Crippen LogP contribution is -2.29. The summed E-state index contributed by atoms with van der Waals surface area (Å²) in [4.78, 5) is 32.6. The minimum absolute atomic E-state index is 0.187. The Labute approximate surface area is 179 Å². The highest BCUT2D eigenvalue weighted by atomic mass is 32.2. The topological polar surface area (TPSA) is 75.9 Å². The van der Waals surface area contributed by atoms with Crippen molar-refractivity contribution in [3.63, 3.8) is 0 Å². The Balaban J connectivity index is 1.98. The molecule has 7 nitrogen and oxygen atoms in total. The van der Waals surface area contributed by atoms with Gasteiger partial charge in [0.05, 0.1) is 10.5 Å². The van der Waals surface area contributed by atoms with Crippen LogP contribution in [0.15, 0.2) is 28.0 Å². The second-order valence-electron chi connectivity index (χ2n) is 6.48. The first-order chi connectivity index (χ1) is 14.0. The Morgan fingerprint density at radius 2 is 2.14 bits per heavy atom. The number of nitrogens with zero attached hydrogens (tertiary/aromatic N) is 3. The number of carbonyl (C=O) groups is 1. The average molecular weight is 433 g/mol. The van der Waals surface area contributed by atoms with Crippen LogP contribution in [0.2, 0.25) is 0 Å².